The van der Waals surface area contributed by atoms with Crippen molar-refractivity contribution in [2.45, 2.75) is 26.3 Å². The highest BCUT2D eigenvalue weighted by molar-refractivity contribution is 7.80. The number of aromatic nitrogens is 2. The van der Waals surface area contributed by atoms with Crippen molar-refractivity contribution in [1.29, 1.82) is 0 Å². The molecule has 0 radical (unpaired) electrons. The van der Waals surface area contributed by atoms with E-state index < -0.39 is 0 Å². The van der Waals surface area contributed by atoms with Gasteiger partial charge in [0, 0.05) is 25.5 Å². The van der Waals surface area contributed by atoms with E-state index in [1.807, 2.05) is 16.9 Å². The Morgan fingerprint density at radius 2 is 2.20 bits per heavy atom. The quantitative estimate of drug-likeness (QED) is 0.564. The second kappa shape index (κ2) is 7.23. The Kier molecular flexibility index (Phi) is 5.77. The third kappa shape index (κ3) is 5.37. The van der Waals surface area contributed by atoms with Gasteiger partial charge in [0.2, 0.25) is 0 Å². The van der Waals surface area contributed by atoms with E-state index in [0.717, 1.165) is 31.2 Å². The van der Waals surface area contributed by atoms with Crippen molar-refractivity contribution >= 4 is 17.3 Å². The summed E-state index contributed by atoms with van der Waals surface area (Å²) in [5.41, 5.74) is 0. The summed E-state index contributed by atoms with van der Waals surface area (Å²) in [6, 6.07) is 1.91. The van der Waals surface area contributed by atoms with Crippen molar-refractivity contribution in [2.75, 3.05) is 13.1 Å². The first kappa shape index (κ1) is 12.0. The lowest BCUT2D eigenvalue weighted by molar-refractivity contribution is 0.599. The van der Waals surface area contributed by atoms with Crippen molar-refractivity contribution in [3.05, 3.63) is 18.5 Å². The summed E-state index contributed by atoms with van der Waals surface area (Å²) in [6.07, 6.45) is 6.05. The molecule has 0 unspecified atom stereocenters. The third-order valence-electron chi connectivity index (χ3n) is 2.00. The summed E-state index contributed by atoms with van der Waals surface area (Å²) in [5.74, 6) is 0. The smallest absolute Gasteiger partial charge is 0.166 e. The number of nitrogens with one attached hydrogen (secondary N) is 2. The van der Waals surface area contributed by atoms with Gasteiger partial charge in [-0.3, -0.25) is 4.68 Å². The molecule has 2 N–H and O–H groups in total. The summed E-state index contributed by atoms with van der Waals surface area (Å²) in [7, 11) is 0. The zero-order valence-corrected chi connectivity index (χ0v) is 9.89. The predicted octanol–water partition coefficient (Wildman–Crippen LogP) is 1.15. The Morgan fingerprint density at radius 3 is 2.87 bits per heavy atom. The minimum atomic E-state index is 0.732. The first-order valence-corrected chi connectivity index (χ1v) is 5.73. The third-order valence-corrected chi connectivity index (χ3v) is 2.29. The predicted molar refractivity (Wildman–Crippen MR) is 65.7 cm³/mol. The highest BCUT2D eigenvalue weighted by atomic mass is 32.1. The lowest BCUT2D eigenvalue weighted by Crippen LogP contribution is -2.37. The molecule has 84 valence electrons. The molecule has 1 heterocycles. The molecule has 0 spiro atoms. The molecule has 15 heavy (non-hydrogen) atoms. The fourth-order valence-corrected chi connectivity index (χ4v) is 1.36. The van der Waals surface area contributed by atoms with Gasteiger partial charge < -0.3 is 10.6 Å². The van der Waals surface area contributed by atoms with Gasteiger partial charge in [0.1, 0.15) is 0 Å². The van der Waals surface area contributed by atoms with Crippen LogP contribution in [0.5, 0.6) is 0 Å². The fraction of sp³-hybridized carbons (Fsp3) is 0.600. The Morgan fingerprint density at radius 1 is 1.40 bits per heavy atom. The number of thiocarbonyl (C=S) groups is 1. The van der Waals surface area contributed by atoms with Crippen molar-refractivity contribution in [3.8, 4) is 0 Å². The Hall–Kier alpha value is -1.10. The van der Waals surface area contributed by atoms with Crippen LogP contribution >= 0.6 is 12.2 Å². The van der Waals surface area contributed by atoms with Gasteiger partial charge in [-0.2, -0.15) is 5.10 Å². The van der Waals surface area contributed by atoms with E-state index in [1.165, 1.54) is 6.42 Å². The second-order valence-electron chi connectivity index (χ2n) is 3.31. The number of rotatable bonds is 6. The highest BCUT2D eigenvalue weighted by Crippen LogP contribution is 1.84. The van der Waals surface area contributed by atoms with Gasteiger partial charge in [0.05, 0.1) is 6.54 Å². The second-order valence-corrected chi connectivity index (χ2v) is 3.71. The molecule has 4 nitrogen and oxygen atoms in total. The van der Waals surface area contributed by atoms with Crippen molar-refractivity contribution < 1.29 is 0 Å². The summed E-state index contributed by atoms with van der Waals surface area (Å²) in [6.45, 7) is 4.75. The molecule has 1 aromatic rings. The largest absolute Gasteiger partial charge is 0.363 e. The van der Waals surface area contributed by atoms with Crippen LogP contribution in [0.15, 0.2) is 18.5 Å². The summed E-state index contributed by atoms with van der Waals surface area (Å²) >= 11 is 5.11. The molecule has 0 atom stereocenters. The zero-order chi connectivity index (χ0) is 10.9. The molecule has 0 aliphatic carbocycles. The Balaban J connectivity index is 2.02. The van der Waals surface area contributed by atoms with E-state index in [1.54, 1.807) is 6.20 Å². The average Bonchev–Trinajstić information content (AvgIpc) is 2.71. The maximum atomic E-state index is 5.11. The zero-order valence-electron chi connectivity index (χ0n) is 9.07. The van der Waals surface area contributed by atoms with E-state index in [-0.39, 0.29) is 0 Å². The van der Waals surface area contributed by atoms with Gasteiger partial charge >= 0.3 is 0 Å². The number of hydrogen-bond donors (Lipinski definition) is 2. The minimum absolute atomic E-state index is 0.732. The first-order valence-electron chi connectivity index (χ1n) is 5.32. The van der Waals surface area contributed by atoms with Gasteiger partial charge in [0.25, 0.3) is 0 Å². The van der Waals surface area contributed by atoms with Gasteiger partial charge in [-0.15, -0.1) is 0 Å². The maximum absolute atomic E-state index is 5.11. The number of nitrogens with zero attached hydrogens (tertiary/aromatic N) is 2. The van der Waals surface area contributed by atoms with E-state index in [4.69, 9.17) is 12.2 Å². The molecule has 0 saturated heterocycles. The van der Waals surface area contributed by atoms with Crippen LogP contribution in [0.3, 0.4) is 0 Å². The van der Waals surface area contributed by atoms with Crippen LogP contribution < -0.4 is 10.6 Å². The minimum Gasteiger partial charge on any atom is -0.363 e. The van der Waals surface area contributed by atoms with Crippen LogP contribution in [0.25, 0.3) is 0 Å². The first-order chi connectivity index (χ1) is 7.33. The normalized spacial score (nSPS) is 9.93. The molecule has 0 fully saturated rings. The van der Waals surface area contributed by atoms with Gasteiger partial charge in [-0.05, 0) is 24.7 Å². The van der Waals surface area contributed by atoms with Crippen LogP contribution in [-0.4, -0.2) is 28.0 Å². The van der Waals surface area contributed by atoms with E-state index >= 15 is 0 Å². The molecule has 0 aliphatic heterocycles. The molecular weight excluding hydrogens is 208 g/mol. The molecule has 0 saturated carbocycles. The lowest BCUT2D eigenvalue weighted by atomic mass is 10.3. The Labute approximate surface area is 96.1 Å². The van der Waals surface area contributed by atoms with Crippen LogP contribution in [-0.2, 0) is 6.54 Å². The molecule has 1 rings (SSSR count). The monoisotopic (exact) mass is 226 g/mol. The molecule has 0 aromatic carbocycles. The summed E-state index contributed by atoms with van der Waals surface area (Å²) in [4.78, 5) is 0. The molecule has 1 aromatic heterocycles. The molecule has 5 heteroatoms. The molecule has 0 amide bonds. The van der Waals surface area contributed by atoms with Crippen LogP contribution in [0.1, 0.15) is 19.8 Å². The number of unbranched alkanes of at least 4 members (excludes halogenated alkanes) is 1. The van der Waals surface area contributed by atoms with Crippen LogP contribution in [0, 0.1) is 0 Å². The van der Waals surface area contributed by atoms with Crippen molar-refractivity contribution in [1.82, 2.24) is 20.4 Å². The summed E-state index contributed by atoms with van der Waals surface area (Å²) in [5, 5.41) is 11.1. The van der Waals surface area contributed by atoms with Crippen molar-refractivity contribution in [2.24, 2.45) is 0 Å². The molecule has 0 bridgehead atoms. The van der Waals surface area contributed by atoms with Gasteiger partial charge in [0.15, 0.2) is 5.11 Å². The average molecular weight is 226 g/mol. The van der Waals surface area contributed by atoms with Gasteiger partial charge in [-0.25, -0.2) is 0 Å². The van der Waals surface area contributed by atoms with E-state index in [2.05, 4.69) is 22.7 Å². The van der Waals surface area contributed by atoms with Crippen molar-refractivity contribution in [3.63, 3.8) is 0 Å². The highest BCUT2D eigenvalue weighted by Gasteiger charge is 1.94. The number of hydrogen-bond acceptors (Lipinski definition) is 2. The summed E-state index contributed by atoms with van der Waals surface area (Å²) < 4.78 is 1.88. The van der Waals surface area contributed by atoms with Crippen LogP contribution in [0.4, 0.5) is 0 Å². The standard InChI is InChI=1S/C10H18N4S/c1-2-3-5-11-10(15)12-7-9-14-8-4-6-13-14/h4,6,8H,2-3,5,7,9H2,1H3,(H2,11,12,15). The fourth-order valence-electron chi connectivity index (χ4n) is 1.16. The van der Waals surface area contributed by atoms with Crippen LogP contribution in [0.2, 0.25) is 0 Å². The van der Waals surface area contributed by atoms with E-state index in [0.29, 0.717) is 0 Å². The Bertz CT molecular complexity index is 271. The molecule has 0 aliphatic rings. The topological polar surface area (TPSA) is 41.9 Å². The maximum Gasteiger partial charge on any atom is 0.166 e. The molecular formula is C10H18N4S. The van der Waals surface area contributed by atoms with E-state index in [9.17, 15) is 0 Å². The SMILES string of the molecule is CCCCNC(=S)NCCn1cccn1. The van der Waals surface area contributed by atoms with Gasteiger partial charge in [-0.1, -0.05) is 13.3 Å². The lowest BCUT2D eigenvalue weighted by Gasteiger charge is -2.09.